The summed E-state index contributed by atoms with van der Waals surface area (Å²) in [6.45, 7) is 5.39. The zero-order chi connectivity index (χ0) is 16.2. The molecule has 0 radical (unpaired) electrons. The van der Waals surface area contributed by atoms with Crippen molar-refractivity contribution in [2.24, 2.45) is 0 Å². The molecule has 0 N–H and O–H groups in total. The summed E-state index contributed by atoms with van der Waals surface area (Å²) in [5.41, 5.74) is 2.26. The van der Waals surface area contributed by atoms with Crippen LogP contribution < -0.4 is 9.64 Å². The molecule has 1 amide bonds. The summed E-state index contributed by atoms with van der Waals surface area (Å²) in [5, 5.41) is 0. The number of benzene rings is 1. The molecule has 0 bridgehead atoms. The first-order valence-electron chi connectivity index (χ1n) is 7.76. The van der Waals surface area contributed by atoms with Crippen LogP contribution in [-0.4, -0.2) is 30.1 Å². The average molecular weight is 312 g/mol. The number of fused-ring (bicyclic) bond motifs is 1. The monoisotopic (exact) mass is 312 g/mol. The molecule has 0 aliphatic carbocycles. The van der Waals surface area contributed by atoms with Crippen LogP contribution in [0.4, 0.5) is 5.69 Å². The summed E-state index contributed by atoms with van der Waals surface area (Å²) < 4.78 is 11.2. The van der Waals surface area contributed by atoms with Gasteiger partial charge in [-0.05, 0) is 26.0 Å². The zero-order valence-electron chi connectivity index (χ0n) is 13.4. The van der Waals surface area contributed by atoms with Gasteiger partial charge in [0.1, 0.15) is 5.69 Å². The lowest BCUT2D eigenvalue weighted by atomic mass is 10.1. The third kappa shape index (κ3) is 3.51. The van der Waals surface area contributed by atoms with Gasteiger partial charge in [0.25, 0.3) is 5.91 Å². The molecule has 0 atom stereocenters. The Morgan fingerprint density at radius 2 is 2.04 bits per heavy atom. The number of aromatic nitrogens is 1. The lowest BCUT2D eigenvalue weighted by molar-refractivity contribution is 0.0959. The number of carbonyl (C=O) groups excluding carboxylic acids is 1. The lowest BCUT2D eigenvalue weighted by Gasteiger charge is -2.22. The number of anilines is 1. The van der Waals surface area contributed by atoms with E-state index in [-0.39, 0.29) is 12.0 Å². The minimum Gasteiger partial charge on any atom is -0.475 e. The number of pyridine rings is 1. The second kappa shape index (κ2) is 6.79. The highest BCUT2D eigenvalue weighted by atomic mass is 16.5. The SMILES string of the molecule is CC(C)Oc1cccc(C(=O)N2CCOCc3ccccc32)n1. The fraction of sp³-hybridized carbons (Fsp3) is 0.333. The number of nitrogens with zero attached hydrogens (tertiary/aromatic N) is 2. The molecule has 1 aromatic carbocycles. The quantitative estimate of drug-likeness (QED) is 0.874. The first kappa shape index (κ1) is 15.5. The van der Waals surface area contributed by atoms with Crippen LogP contribution in [0.3, 0.4) is 0 Å². The summed E-state index contributed by atoms with van der Waals surface area (Å²) in [6, 6.07) is 13.1. The first-order chi connectivity index (χ1) is 11.1. The molecule has 5 nitrogen and oxygen atoms in total. The maximum Gasteiger partial charge on any atom is 0.277 e. The molecule has 0 saturated carbocycles. The van der Waals surface area contributed by atoms with E-state index in [9.17, 15) is 4.79 Å². The third-order valence-electron chi connectivity index (χ3n) is 3.54. The summed E-state index contributed by atoms with van der Waals surface area (Å²) in [7, 11) is 0. The van der Waals surface area contributed by atoms with Gasteiger partial charge in [-0.15, -0.1) is 0 Å². The highest BCUT2D eigenvalue weighted by Crippen LogP contribution is 2.25. The fourth-order valence-corrected chi connectivity index (χ4v) is 2.54. The van der Waals surface area contributed by atoms with Gasteiger partial charge < -0.3 is 14.4 Å². The van der Waals surface area contributed by atoms with Gasteiger partial charge in [0, 0.05) is 23.9 Å². The van der Waals surface area contributed by atoms with E-state index in [4.69, 9.17) is 9.47 Å². The van der Waals surface area contributed by atoms with Crippen molar-refractivity contribution in [3.8, 4) is 5.88 Å². The molecule has 23 heavy (non-hydrogen) atoms. The van der Waals surface area contributed by atoms with Crippen LogP contribution in [0.1, 0.15) is 29.9 Å². The standard InChI is InChI=1S/C18H20N2O3/c1-13(2)23-17-9-5-7-15(19-17)18(21)20-10-11-22-12-14-6-3-4-8-16(14)20/h3-9,13H,10-12H2,1-2H3. The van der Waals surface area contributed by atoms with Crippen LogP contribution in [0.2, 0.25) is 0 Å². The molecular formula is C18H20N2O3. The molecule has 1 aliphatic rings. The Kier molecular flexibility index (Phi) is 4.57. The smallest absolute Gasteiger partial charge is 0.277 e. The largest absolute Gasteiger partial charge is 0.475 e. The van der Waals surface area contributed by atoms with Gasteiger partial charge in [-0.25, -0.2) is 4.98 Å². The summed E-state index contributed by atoms with van der Waals surface area (Å²) in [5.74, 6) is 0.322. The summed E-state index contributed by atoms with van der Waals surface area (Å²) in [6.07, 6.45) is 0.0140. The molecule has 0 fully saturated rings. The number of hydrogen-bond acceptors (Lipinski definition) is 4. The van der Waals surface area contributed by atoms with Crippen LogP contribution >= 0.6 is 0 Å². The predicted octanol–water partition coefficient (Wildman–Crippen LogP) is 3.05. The van der Waals surface area contributed by atoms with Crippen molar-refractivity contribution in [2.45, 2.75) is 26.6 Å². The minimum absolute atomic E-state index is 0.0140. The molecule has 1 aliphatic heterocycles. The molecule has 1 aromatic heterocycles. The van der Waals surface area contributed by atoms with Gasteiger partial charge in [-0.3, -0.25) is 4.79 Å². The fourth-order valence-electron chi connectivity index (χ4n) is 2.54. The van der Waals surface area contributed by atoms with E-state index in [1.807, 2.05) is 38.1 Å². The molecule has 5 heteroatoms. The van der Waals surface area contributed by atoms with Crippen LogP contribution in [0, 0.1) is 0 Å². The van der Waals surface area contributed by atoms with Gasteiger partial charge in [0.2, 0.25) is 5.88 Å². The highest BCUT2D eigenvalue weighted by molar-refractivity contribution is 6.05. The van der Waals surface area contributed by atoms with Crippen molar-refractivity contribution in [3.63, 3.8) is 0 Å². The number of para-hydroxylation sites is 1. The van der Waals surface area contributed by atoms with E-state index in [0.29, 0.717) is 31.3 Å². The van der Waals surface area contributed by atoms with E-state index in [2.05, 4.69) is 4.98 Å². The third-order valence-corrected chi connectivity index (χ3v) is 3.54. The Balaban J connectivity index is 1.91. The summed E-state index contributed by atoms with van der Waals surface area (Å²) in [4.78, 5) is 19.0. The number of carbonyl (C=O) groups is 1. The topological polar surface area (TPSA) is 51.7 Å². The van der Waals surface area contributed by atoms with Gasteiger partial charge >= 0.3 is 0 Å². The van der Waals surface area contributed by atoms with E-state index in [1.165, 1.54) is 0 Å². The second-order valence-electron chi connectivity index (χ2n) is 5.67. The molecule has 0 spiro atoms. The second-order valence-corrected chi connectivity index (χ2v) is 5.67. The Morgan fingerprint density at radius 3 is 2.87 bits per heavy atom. The normalized spacial score (nSPS) is 14.3. The van der Waals surface area contributed by atoms with Crippen LogP contribution in [0.25, 0.3) is 0 Å². The summed E-state index contributed by atoms with van der Waals surface area (Å²) >= 11 is 0. The Hall–Kier alpha value is -2.40. The van der Waals surface area contributed by atoms with Gasteiger partial charge in [-0.1, -0.05) is 24.3 Å². The van der Waals surface area contributed by atoms with E-state index < -0.39 is 0 Å². The highest BCUT2D eigenvalue weighted by Gasteiger charge is 2.23. The van der Waals surface area contributed by atoms with Crippen LogP contribution in [0.15, 0.2) is 42.5 Å². The Labute approximate surface area is 135 Å². The molecule has 0 saturated heterocycles. The number of rotatable bonds is 3. The van der Waals surface area contributed by atoms with Crippen molar-refractivity contribution >= 4 is 11.6 Å². The zero-order valence-corrected chi connectivity index (χ0v) is 13.4. The molecule has 3 rings (SSSR count). The molecular weight excluding hydrogens is 292 g/mol. The number of hydrogen-bond donors (Lipinski definition) is 0. The van der Waals surface area contributed by atoms with Gasteiger partial charge in [0.15, 0.2) is 0 Å². The van der Waals surface area contributed by atoms with Crippen LogP contribution in [-0.2, 0) is 11.3 Å². The first-order valence-corrected chi connectivity index (χ1v) is 7.76. The van der Waals surface area contributed by atoms with E-state index in [0.717, 1.165) is 11.3 Å². The maximum atomic E-state index is 12.9. The van der Waals surface area contributed by atoms with Crippen molar-refractivity contribution < 1.29 is 14.3 Å². The number of ether oxygens (including phenoxy) is 2. The van der Waals surface area contributed by atoms with Crippen LogP contribution in [0.5, 0.6) is 5.88 Å². The Bertz CT molecular complexity index is 700. The maximum absolute atomic E-state index is 12.9. The molecule has 2 heterocycles. The Morgan fingerprint density at radius 1 is 1.22 bits per heavy atom. The average Bonchev–Trinajstić information content (AvgIpc) is 2.76. The van der Waals surface area contributed by atoms with E-state index >= 15 is 0 Å². The van der Waals surface area contributed by atoms with Crippen molar-refractivity contribution in [3.05, 3.63) is 53.7 Å². The van der Waals surface area contributed by atoms with Crippen molar-refractivity contribution in [1.82, 2.24) is 4.98 Å². The molecule has 120 valence electrons. The van der Waals surface area contributed by atoms with Crippen molar-refractivity contribution in [1.29, 1.82) is 0 Å². The molecule has 0 unspecified atom stereocenters. The lowest BCUT2D eigenvalue weighted by Crippen LogP contribution is -2.33. The predicted molar refractivity (Wildman–Crippen MR) is 87.8 cm³/mol. The van der Waals surface area contributed by atoms with Gasteiger partial charge in [0.05, 0.1) is 19.3 Å². The molecule has 2 aromatic rings. The van der Waals surface area contributed by atoms with E-state index in [1.54, 1.807) is 23.1 Å². The van der Waals surface area contributed by atoms with Crippen molar-refractivity contribution in [2.75, 3.05) is 18.1 Å². The van der Waals surface area contributed by atoms with Gasteiger partial charge in [-0.2, -0.15) is 0 Å². The number of amides is 1. The minimum atomic E-state index is -0.142.